The quantitative estimate of drug-likeness (QED) is 0.478. The van der Waals surface area contributed by atoms with Gasteiger partial charge in [-0.1, -0.05) is 11.6 Å². The number of rotatable bonds is 3. The smallest absolute Gasteiger partial charge is 0.417 e. The van der Waals surface area contributed by atoms with Crippen LogP contribution < -0.4 is 4.74 Å². The third kappa shape index (κ3) is 3.87. The number of pyridine rings is 1. The second-order valence-corrected chi connectivity index (χ2v) is 8.55. The van der Waals surface area contributed by atoms with Crippen LogP contribution in [0.2, 0.25) is 5.02 Å². The molecule has 0 unspecified atom stereocenters. The lowest BCUT2D eigenvalue weighted by molar-refractivity contribution is -0.137. The fraction of sp³-hybridized carbons (Fsp3) is 0.318. The second-order valence-electron chi connectivity index (χ2n) is 8.17. The van der Waals surface area contributed by atoms with Gasteiger partial charge in [-0.15, -0.1) is 5.10 Å². The van der Waals surface area contributed by atoms with Crippen LogP contribution in [-0.2, 0) is 6.18 Å². The van der Waals surface area contributed by atoms with Crippen molar-refractivity contribution in [3.63, 3.8) is 0 Å². The summed E-state index contributed by atoms with van der Waals surface area (Å²) in [7, 11) is 1.30. The molecule has 1 fully saturated rings. The number of ether oxygens (including phenoxy) is 1. The van der Waals surface area contributed by atoms with E-state index in [1.807, 2.05) is 0 Å². The molecule has 0 N–H and O–H groups in total. The predicted octanol–water partition coefficient (Wildman–Crippen LogP) is 4.19. The summed E-state index contributed by atoms with van der Waals surface area (Å²) in [6, 6.07) is 3.21. The molecule has 5 rings (SSSR count). The van der Waals surface area contributed by atoms with Crippen molar-refractivity contribution in [1.29, 1.82) is 0 Å². The minimum Gasteiger partial charge on any atom is -0.481 e. The van der Waals surface area contributed by atoms with E-state index in [-0.39, 0.29) is 53.3 Å². The summed E-state index contributed by atoms with van der Waals surface area (Å²) in [5.41, 5.74) is -2.16. The first-order chi connectivity index (χ1) is 17.0. The van der Waals surface area contributed by atoms with E-state index < -0.39 is 40.7 Å². The van der Waals surface area contributed by atoms with Gasteiger partial charge >= 0.3 is 6.18 Å². The standard InChI is InChI=1S/C22H16ClF5N6O2/c1-9-20-31-19(21(35)33-7-10(24)8-33)32-34(20)13-5-3-11(22(26,27)28)16(23)15(13)18(29-9)17-12(25)4-6-14(30-17)36-2/h3-6,9-10H,7-8H2,1-2H3/t9-/m0/s1. The van der Waals surface area contributed by atoms with E-state index in [0.717, 1.165) is 22.9 Å². The highest BCUT2D eigenvalue weighted by Gasteiger charge is 2.39. The van der Waals surface area contributed by atoms with Gasteiger partial charge in [-0.25, -0.2) is 23.4 Å². The van der Waals surface area contributed by atoms with Crippen molar-refractivity contribution >= 4 is 23.2 Å². The van der Waals surface area contributed by atoms with Gasteiger partial charge < -0.3 is 9.64 Å². The minimum atomic E-state index is -4.83. The molecule has 2 aliphatic heterocycles. The first-order valence-electron chi connectivity index (χ1n) is 10.6. The van der Waals surface area contributed by atoms with Crippen molar-refractivity contribution in [1.82, 2.24) is 24.6 Å². The van der Waals surface area contributed by atoms with Crippen LogP contribution in [0.25, 0.3) is 5.69 Å². The van der Waals surface area contributed by atoms with Gasteiger partial charge in [0.1, 0.15) is 17.9 Å². The molecule has 36 heavy (non-hydrogen) atoms. The Hall–Kier alpha value is -3.61. The molecule has 0 spiro atoms. The zero-order valence-corrected chi connectivity index (χ0v) is 19.4. The monoisotopic (exact) mass is 526 g/mol. The molecule has 2 aromatic heterocycles. The number of alkyl halides is 4. The molecule has 3 aromatic rings. The molecular formula is C22H16ClF5N6O2. The molecule has 1 amide bonds. The SMILES string of the molecule is COc1ccc(F)c(C2=N[C@@H](C)c3nc(C(=O)N4CC(F)C4)nn3-c3ccc(C(F)(F)F)c(Cl)c32)n1. The fourth-order valence-electron chi connectivity index (χ4n) is 3.98. The molecule has 1 atom stereocenters. The maximum absolute atomic E-state index is 14.9. The normalized spacial score (nSPS) is 17.6. The Bertz CT molecular complexity index is 1420. The molecule has 2 aliphatic rings. The Morgan fingerprint density at radius 1 is 1.17 bits per heavy atom. The Kier molecular flexibility index (Phi) is 5.69. The fourth-order valence-corrected chi connectivity index (χ4v) is 4.34. The van der Waals surface area contributed by atoms with Gasteiger partial charge in [0.2, 0.25) is 11.7 Å². The van der Waals surface area contributed by atoms with Crippen LogP contribution in [0.4, 0.5) is 22.0 Å². The number of carbonyl (C=O) groups is 1. The number of methoxy groups -OCH3 is 1. The average molecular weight is 527 g/mol. The van der Waals surface area contributed by atoms with Crippen molar-refractivity contribution in [2.45, 2.75) is 25.3 Å². The Labute approximate surface area is 205 Å². The summed E-state index contributed by atoms with van der Waals surface area (Å²) in [5, 5.41) is 3.43. The molecule has 14 heteroatoms. The van der Waals surface area contributed by atoms with Gasteiger partial charge in [-0.3, -0.25) is 9.79 Å². The number of carbonyl (C=O) groups excluding carboxylic acids is 1. The molecule has 8 nitrogen and oxygen atoms in total. The number of likely N-dealkylation sites (tertiary alicyclic amines) is 1. The Morgan fingerprint density at radius 2 is 1.89 bits per heavy atom. The van der Waals surface area contributed by atoms with Gasteiger partial charge in [-0.2, -0.15) is 13.2 Å². The van der Waals surface area contributed by atoms with Crippen molar-refractivity contribution in [3.05, 3.63) is 63.6 Å². The molecule has 0 radical (unpaired) electrons. The third-order valence-electron chi connectivity index (χ3n) is 5.79. The van der Waals surface area contributed by atoms with Crippen molar-refractivity contribution in [2.75, 3.05) is 20.2 Å². The maximum atomic E-state index is 14.9. The van der Waals surface area contributed by atoms with E-state index in [9.17, 15) is 26.7 Å². The Morgan fingerprint density at radius 3 is 2.53 bits per heavy atom. The number of aliphatic imine (C=N–C) groups is 1. The first kappa shape index (κ1) is 24.1. The van der Waals surface area contributed by atoms with E-state index in [2.05, 4.69) is 20.1 Å². The zero-order chi connectivity index (χ0) is 25.9. The van der Waals surface area contributed by atoms with Crippen molar-refractivity contribution < 1.29 is 31.5 Å². The summed E-state index contributed by atoms with van der Waals surface area (Å²) in [6.07, 6.45) is -5.98. The van der Waals surface area contributed by atoms with Crippen LogP contribution in [-0.4, -0.2) is 62.6 Å². The number of amides is 1. The van der Waals surface area contributed by atoms with E-state index in [0.29, 0.717) is 0 Å². The van der Waals surface area contributed by atoms with Crippen LogP contribution in [0, 0.1) is 5.82 Å². The van der Waals surface area contributed by atoms with Crippen LogP contribution in [0.15, 0.2) is 29.3 Å². The number of nitrogens with zero attached hydrogens (tertiary/aromatic N) is 6. The molecule has 0 saturated carbocycles. The van der Waals surface area contributed by atoms with Crippen molar-refractivity contribution in [2.24, 2.45) is 4.99 Å². The van der Waals surface area contributed by atoms with Gasteiger partial charge in [0.25, 0.3) is 5.91 Å². The summed E-state index contributed by atoms with van der Waals surface area (Å²) >= 11 is 6.28. The molecule has 188 valence electrons. The topological polar surface area (TPSA) is 85.5 Å². The van der Waals surface area contributed by atoms with Gasteiger partial charge in [0.15, 0.2) is 11.6 Å². The van der Waals surface area contributed by atoms with Crippen molar-refractivity contribution in [3.8, 4) is 11.6 Å². The number of aromatic nitrogens is 4. The molecule has 1 aromatic carbocycles. The van der Waals surface area contributed by atoms with Gasteiger partial charge in [-0.05, 0) is 25.1 Å². The molecule has 4 heterocycles. The minimum absolute atomic E-state index is 0.000100. The van der Waals surface area contributed by atoms with E-state index in [1.54, 1.807) is 6.92 Å². The molecular weight excluding hydrogens is 511 g/mol. The highest BCUT2D eigenvalue weighted by molar-refractivity contribution is 6.37. The maximum Gasteiger partial charge on any atom is 0.417 e. The largest absolute Gasteiger partial charge is 0.481 e. The predicted molar refractivity (Wildman–Crippen MR) is 117 cm³/mol. The number of fused-ring (bicyclic) bond motifs is 3. The molecule has 0 bridgehead atoms. The lowest BCUT2D eigenvalue weighted by Crippen LogP contribution is -2.51. The van der Waals surface area contributed by atoms with Gasteiger partial charge in [0, 0.05) is 11.6 Å². The number of benzene rings is 1. The summed E-state index contributed by atoms with van der Waals surface area (Å²) in [5.74, 6) is -1.70. The first-order valence-corrected chi connectivity index (χ1v) is 11.0. The summed E-state index contributed by atoms with van der Waals surface area (Å²) in [4.78, 5) is 26.6. The number of halogens is 6. The molecule has 0 aliphatic carbocycles. The van der Waals surface area contributed by atoms with E-state index in [4.69, 9.17) is 16.3 Å². The zero-order valence-electron chi connectivity index (χ0n) is 18.6. The second kappa shape index (κ2) is 8.50. The van der Waals surface area contributed by atoms with Crippen LogP contribution in [0.3, 0.4) is 0 Å². The highest BCUT2D eigenvalue weighted by atomic mass is 35.5. The average Bonchev–Trinajstić information content (AvgIpc) is 3.21. The lowest BCUT2D eigenvalue weighted by Gasteiger charge is -2.33. The summed E-state index contributed by atoms with van der Waals surface area (Å²) < 4.78 is 75.6. The highest BCUT2D eigenvalue weighted by Crippen LogP contribution is 2.41. The van der Waals surface area contributed by atoms with E-state index in [1.165, 1.54) is 18.1 Å². The van der Waals surface area contributed by atoms with Crippen LogP contribution in [0.1, 0.15) is 46.2 Å². The Balaban J connectivity index is 1.75. The number of hydrogen-bond donors (Lipinski definition) is 0. The molecule has 1 saturated heterocycles. The van der Waals surface area contributed by atoms with Crippen LogP contribution >= 0.6 is 11.6 Å². The van der Waals surface area contributed by atoms with E-state index >= 15 is 0 Å². The van der Waals surface area contributed by atoms with Gasteiger partial charge in [0.05, 0.1) is 42.2 Å². The number of hydrogen-bond acceptors (Lipinski definition) is 6. The van der Waals surface area contributed by atoms with Crippen LogP contribution in [0.5, 0.6) is 5.88 Å². The lowest BCUT2D eigenvalue weighted by atomic mass is 10.0. The third-order valence-corrected chi connectivity index (χ3v) is 6.18. The summed E-state index contributed by atoms with van der Waals surface area (Å²) in [6.45, 7) is 1.32.